The Labute approximate surface area is 121 Å². The van der Waals surface area contributed by atoms with Gasteiger partial charge in [0.15, 0.2) is 0 Å². The number of thioether (sulfide) groups is 1. The highest BCUT2D eigenvalue weighted by Gasteiger charge is 2.20. The van der Waals surface area contributed by atoms with E-state index in [1.807, 2.05) is 0 Å². The zero-order chi connectivity index (χ0) is 13.8. The second-order valence-corrected chi connectivity index (χ2v) is 7.20. The monoisotopic (exact) mass is 281 g/mol. The van der Waals surface area contributed by atoms with Crippen LogP contribution in [-0.2, 0) is 13.6 Å². The van der Waals surface area contributed by atoms with Crippen molar-refractivity contribution in [1.82, 2.24) is 15.1 Å². The van der Waals surface area contributed by atoms with Crippen molar-refractivity contribution in [3.63, 3.8) is 0 Å². The van der Waals surface area contributed by atoms with E-state index < -0.39 is 0 Å². The van der Waals surface area contributed by atoms with E-state index >= 15 is 0 Å². The summed E-state index contributed by atoms with van der Waals surface area (Å²) in [6.07, 6.45) is 6.95. The molecule has 19 heavy (non-hydrogen) atoms. The van der Waals surface area contributed by atoms with Crippen LogP contribution in [0, 0.1) is 6.92 Å². The Bertz CT molecular complexity index is 406. The molecule has 2 rings (SSSR count). The zero-order valence-corrected chi connectivity index (χ0v) is 13.5. The lowest BCUT2D eigenvalue weighted by atomic mass is 10.0. The van der Waals surface area contributed by atoms with Crippen molar-refractivity contribution in [3.8, 4) is 0 Å². The highest BCUT2D eigenvalue weighted by atomic mass is 32.2. The number of aryl methyl sites for hydroxylation is 2. The first-order chi connectivity index (χ1) is 9.08. The van der Waals surface area contributed by atoms with Crippen molar-refractivity contribution in [2.75, 3.05) is 0 Å². The van der Waals surface area contributed by atoms with Gasteiger partial charge < -0.3 is 5.32 Å². The van der Waals surface area contributed by atoms with Gasteiger partial charge >= 0.3 is 0 Å². The Hall–Kier alpha value is -0.480. The molecule has 1 heterocycles. The van der Waals surface area contributed by atoms with Gasteiger partial charge in [-0.25, -0.2) is 0 Å². The number of rotatable bonds is 5. The van der Waals surface area contributed by atoms with Crippen LogP contribution < -0.4 is 5.32 Å². The Balaban J connectivity index is 2.08. The standard InChI is InChI=1S/C15H27N3S/c1-11(2)16-10-14-12(3)17-18(4)15(14)19-13-8-6-5-7-9-13/h11,13,16H,5-10H2,1-4H3. The van der Waals surface area contributed by atoms with Gasteiger partial charge in [0.05, 0.1) is 10.7 Å². The fraction of sp³-hybridized carbons (Fsp3) is 0.800. The molecule has 0 saturated heterocycles. The van der Waals surface area contributed by atoms with E-state index in [-0.39, 0.29) is 0 Å². The molecule has 1 aliphatic rings. The van der Waals surface area contributed by atoms with E-state index in [4.69, 9.17) is 0 Å². The van der Waals surface area contributed by atoms with Gasteiger partial charge in [-0.15, -0.1) is 11.8 Å². The minimum absolute atomic E-state index is 0.520. The zero-order valence-electron chi connectivity index (χ0n) is 12.7. The molecule has 0 atom stereocenters. The normalized spacial score (nSPS) is 17.3. The van der Waals surface area contributed by atoms with Crippen LogP contribution in [0.15, 0.2) is 5.03 Å². The fourth-order valence-corrected chi connectivity index (χ4v) is 4.12. The summed E-state index contributed by atoms with van der Waals surface area (Å²) in [5.41, 5.74) is 2.57. The largest absolute Gasteiger partial charge is 0.310 e. The second-order valence-electron chi connectivity index (χ2n) is 5.91. The minimum atomic E-state index is 0.520. The average Bonchev–Trinajstić information content (AvgIpc) is 2.63. The summed E-state index contributed by atoms with van der Waals surface area (Å²) in [6, 6.07) is 0.520. The van der Waals surface area contributed by atoms with E-state index in [9.17, 15) is 0 Å². The molecule has 0 aliphatic heterocycles. The van der Waals surface area contributed by atoms with Crippen molar-refractivity contribution in [1.29, 1.82) is 0 Å². The number of nitrogens with one attached hydrogen (secondary N) is 1. The van der Waals surface area contributed by atoms with E-state index in [0.717, 1.165) is 11.8 Å². The Morgan fingerprint density at radius 3 is 2.63 bits per heavy atom. The lowest BCUT2D eigenvalue weighted by Crippen LogP contribution is -2.22. The van der Waals surface area contributed by atoms with Gasteiger partial charge in [0.1, 0.15) is 0 Å². The lowest BCUT2D eigenvalue weighted by Gasteiger charge is -2.21. The predicted octanol–water partition coefficient (Wildman–Crippen LogP) is 3.65. The van der Waals surface area contributed by atoms with Crippen LogP contribution in [-0.4, -0.2) is 21.1 Å². The number of hydrogen-bond acceptors (Lipinski definition) is 3. The van der Waals surface area contributed by atoms with Crippen LogP contribution in [0.5, 0.6) is 0 Å². The Morgan fingerprint density at radius 1 is 1.32 bits per heavy atom. The van der Waals surface area contributed by atoms with Crippen LogP contribution in [0.25, 0.3) is 0 Å². The summed E-state index contributed by atoms with van der Waals surface area (Å²) >= 11 is 2.05. The predicted molar refractivity (Wildman–Crippen MR) is 82.7 cm³/mol. The number of hydrogen-bond donors (Lipinski definition) is 1. The van der Waals surface area contributed by atoms with Gasteiger partial charge in [-0.1, -0.05) is 33.1 Å². The summed E-state index contributed by atoms with van der Waals surface area (Å²) in [4.78, 5) is 0. The second kappa shape index (κ2) is 6.80. The molecule has 4 heteroatoms. The summed E-state index contributed by atoms with van der Waals surface area (Å²) in [7, 11) is 2.08. The van der Waals surface area contributed by atoms with E-state index in [0.29, 0.717) is 6.04 Å². The molecule has 1 saturated carbocycles. The summed E-state index contributed by atoms with van der Waals surface area (Å²) in [5.74, 6) is 0. The third-order valence-electron chi connectivity index (χ3n) is 3.81. The van der Waals surface area contributed by atoms with Crippen molar-refractivity contribution in [3.05, 3.63) is 11.3 Å². The van der Waals surface area contributed by atoms with Gasteiger partial charge in [0.25, 0.3) is 0 Å². The van der Waals surface area contributed by atoms with Gasteiger partial charge in [0, 0.05) is 30.4 Å². The third-order valence-corrected chi connectivity index (χ3v) is 5.35. The van der Waals surface area contributed by atoms with Gasteiger partial charge in [-0.2, -0.15) is 5.10 Å². The van der Waals surface area contributed by atoms with Crippen LogP contribution in [0.2, 0.25) is 0 Å². The Kier molecular flexibility index (Phi) is 5.34. The van der Waals surface area contributed by atoms with Crippen molar-refractivity contribution in [2.45, 2.75) is 75.7 Å². The van der Waals surface area contributed by atoms with Crippen molar-refractivity contribution < 1.29 is 0 Å². The smallest absolute Gasteiger partial charge is 0.0987 e. The third kappa shape index (κ3) is 3.99. The first-order valence-electron chi connectivity index (χ1n) is 7.50. The summed E-state index contributed by atoms with van der Waals surface area (Å²) < 4.78 is 2.08. The summed E-state index contributed by atoms with van der Waals surface area (Å²) in [6.45, 7) is 7.45. The molecular weight excluding hydrogens is 254 g/mol. The van der Waals surface area contributed by atoms with Crippen LogP contribution in [0.4, 0.5) is 0 Å². The van der Waals surface area contributed by atoms with Crippen molar-refractivity contribution in [2.24, 2.45) is 7.05 Å². The van der Waals surface area contributed by atoms with Crippen molar-refractivity contribution >= 4 is 11.8 Å². The SMILES string of the molecule is Cc1nn(C)c(SC2CCCCC2)c1CNC(C)C. The van der Waals surface area contributed by atoms with E-state index in [2.05, 4.69) is 54.7 Å². The van der Waals surface area contributed by atoms with Gasteiger partial charge in [0.2, 0.25) is 0 Å². The quantitative estimate of drug-likeness (QED) is 0.893. The molecule has 1 aliphatic carbocycles. The first-order valence-corrected chi connectivity index (χ1v) is 8.38. The molecule has 0 radical (unpaired) electrons. The highest BCUT2D eigenvalue weighted by Crippen LogP contribution is 2.35. The average molecular weight is 281 g/mol. The van der Waals surface area contributed by atoms with Crippen LogP contribution >= 0.6 is 11.8 Å². The van der Waals surface area contributed by atoms with Crippen LogP contribution in [0.1, 0.15) is 57.2 Å². The molecule has 1 N–H and O–H groups in total. The van der Waals surface area contributed by atoms with E-state index in [1.165, 1.54) is 48.4 Å². The molecule has 1 fully saturated rings. The lowest BCUT2D eigenvalue weighted by molar-refractivity contribution is 0.514. The Morgan fingerprint density at radius 2 is 2.00 bits per heavy atom. The highest BCUT2D eigenvalue weighted by molar-refractivity contribution is 7.99. The topological polar surface area (TPSA) is 29.9 Å². The molecule has 1 aromatic rings. The molecule has 0 bridgehead atoms. The maximum atomic E-state index is 4.61. The molecule has 0 spiro atoms. The van der Waals surface area contributed by atoms with Gasteiger partial charge in [-0.3, -0.25) is 4.68 Å². The fourth-order valence-electron chi connectivity index (χ4n) is 2.68. The maximum absolute atomic E-state index is 4.61. The molecular formula is C15H27N3S. The molecule has 108 valence electrons. The summed E-state index contributed by atoms with van der Waals surface area (Å²) in [5, 5.41) is 10.3. The molecule has 0 unspecified atom stereocenters. The van der Waals surface area contributed by atoms with E-state index in [1.54, 1.807) is 0 Å². The maximum Gasteiger partial charge on any atom is 0.0987 e. The molecule has 0 amide bonds. The molecule has 1 aromatic heterocycles. The minimum Gasteiger partial charge on any atom is -0.310 e. The van der Waals surface area contributed by atoms with Gasteiger partial charge in [-0.05, 0) is 19.8 Å². The van der Waals surface area contributed by atoms with Crippen LogP contribution in [0.3, 0.4) is 0 Å². The number of nitrogens with zero attached hydrogens (tertiary/aromatic N) is 2. The molecule has 0 aromatic carbocycles. The number of aromatic nitrogens is 2. The molecule has 3 nitrogen and oxygen atoms in total. The first kappa shape index (κ1) is 14.9.